The van der Waals surface area contributed by atoms with Crippen LogP contribution in [0.4, 0.5) is 4.39 Å². The minimum absolute atomic E-state index is 0.0761. The molecule has 2 N–H and O–H groups in total. The van der Waals surface area contributed by atoms with Crippen molar-refractivity contribution in [3.63, 3.8) is 0 Å². The fourth-order valence-electron chi connectivity index (χ4n) is 2.35. The molecule has 5 heteroatoms. The number of amides is 1. The van der Waals surface area contributed by atoms with E-state index < -0.39 is 5.41 Å². The molecule has 24 heavy (non-hydrogen) atoms. The van der Waals surface area contributed by atoms with Gasteiger partial charge in [-0.3, -0.25) is 4.79 Å². The van der Waals surface area contributed by atoms with Crippen molar-refractivity contribution < 1.29 is 19.0 Å². The number of halogens is 1. The van der Waals surface area contributed by atoms with Gasteiger partial charge in [-0.15, -0.1) is 0 Å². The van der Waals surface area contributed by atoms with Gasteiger partial charge in [0.05, 0.1) is 12.0 Å². The van der Waals surface area contributed by atoms with Crippen molar-refractivity contribution in [3.05, 3.63) is 65.5 Å². The first-order valence-corrected chi connectivity index (χ1v) is 7.81. The van der Waals surface area contributed by atoms with E-state index in [1.54, 1.807) is 32.0 Å². The lowest BCUT2D eigenvalue weighted by atomic mass is 9.83. The van der Waals surface area contributed by atoms with Gasteiger partial charge < -0.3 is 15.2 Å². The van der Waals surface area contributed by atoms with Crippen LogP contribution in [0, 0.1) is 5.82 Å². The van der Waals surface area contributed by atoms with E-state index in [1.807, 2.05) is 18.2 Å². The van der Waals surface area contributed by atoms with Crippen molar-refractivity contribution in [1.29, 1.82) is 0 Å². The van der Waals surface area contributed by atoms with Gasteiger partial charge in [-0.2, -0.15) is 0 Å². The molecule has 0 aliphatic carbocycles. The Morgan fingerprint density at radius 1 is 1.21 bits per heavy atom. The molecular formula is C19H22FNO3. The van der Waals surface area contributed by atoms with Gasteiger partial charge in [0.15, 0.2) is 0 Å². The highest BCUT2D eigenvalue weighted by Crippen LogP contribution is 2.25. The molecule has 0 aliphatic heterocycles. The molecule has 2 aromatic carbocycles. The molecule has 128 valence electrons. The number of nitrogens with one attached hydrogen (secondary N) is 1. The third kappa shape index (κ3) is 4.32. The van der Waals surface area contributed by atoms with Crippen LogP contribution in [0.5, 0.6) is 5.75 Å². The van der Waals surface area contributed by atoms with Gasteiger partial charge in [-0.1, -0.05) is 30.3 Å². The number of ether oxygens (including phenoxy) is 1. The fraction of sp³-hybridized carbons (Fsp3) is 0.316. The quantitative estimate of drug-likeness (QED) is 0.820. The lowest BCUT2D eigenvalue weighted by molar-refractivity contribution is -0.125. The molecule has 0 saturated carbocycles. The van der Waals surface area contributed by atoms with Gasteiger partial charge in [0.1, 0.15) is 18.2 Å². The Morgan fingerprint density at radius 3 is 2.67 bits per heavy atom. The third-order valence-electron chi connectivity index (χ3n) is 3.87. The Labute approximate surface area is 141 Å². The van der Waals surface area contributed by atoms with E-state index in [0.29, 0.717) is 17.9 Å². The maximum Gasteiger partial charge on any atom is 0.230 e. The molecule has 2 aromatic rings. The van der Waals surface area contributed by atoms with Crippen molar-refractivity contribution in [2.75, 3.05) is 13.2 Å². The zero-order chi connectivity index (χ0) is 17.6. The fourth-order valence-corrected chi connectivity index (χ4v) is 2.35. The Bertz CT molecular complexity index is 701. The molecule has 0 spiro atoms. The molecule has 4 nitrogen and oxygen atoms in total. The number of aliphatic hydroxyl groups is 1. The second kappa shape index (κ2) is 7.93. The molecule has 0 unspecified atom stereocenters. The summed E-state index contributed by atoms with van der Waals surface area (Å²) in [5, 5.41) is 11.7. The molecule has 0 saturated heterocycles. The van der Waals surface area contributed by atoms with Crippen molar-refractivity contribution in [3.8, 4) is 5.75 Å². The number of para-hydroxylation sites is 1. The third-order valence-corrected chi connectivity index (χ3v) is 3.87. The first-order valence-electron chi connectivity index (χ1n) is 7.81. The van der Waals surface area contributed by atoms with Crippen LogP contribution in [-0.2, 0) is 16.8 Å². The van der Waals surface area contributed by atoms with Crippen LogP contribution in [0.2, 0.25) is 0 Å². The molecule has 1 amide bonds. The topological polar surface area (TPSA) is 58.6 Å². The zero-order valence-electron chi connectivity index (χ0n) is 13.9. The number of benzene rings is 2. The molecule has 0 radical (unpaired) electrons. The minimum atomic E-state index is -0.858. The number of rotatable bonds is 7. The predicted molar refractivity (Wildman–Crippen MR) is 90.3 cm³/mol. The normalized spacial score (nSPS) is 11.2. The smallest absolute Gasteiger partial charge is 0.230 e. The summed E-state index contributed by atoms with van der Waals surface area (Å²) >= 11 is 0. The van der Waals surface area contributed by atoms with E-state index in [4.69, 9.17) is 9.84 Å². The second-order valence-electron chi connectivity index (χ2n) is 6.00. The Kier molecular flexibility index (Phi) is 5.93. The molecule has 0 atom stereocenters. The van der Waals surface area contributed by atoms with Crippen LogP contribution < -0.4 is 10.1 Å². The van der Waals surface area contributed by atoms with Gasteiger partial charge in [-0.05, 0) is 37.6 Å². The minimum Gasteiger partial charge on any atom is -0.491 e. The number of carbonyl (C=O) groups is 1. The highest BCUT2D eigenvalue weighted by molar-refractivity contribution is 5.87. The zero-order valence-corrected chi connectivity index (χ0v) is 13.9. The first kappa shape index (κ1) is 17.9. The summed E-state index contributed by atoms with van der Waals surface area (Å²) in [7, 11) is 0. The monoisotopic (exact) mass is 331 g/mol. The number of aliphatic hydroxyl groups excluding tert-OH is 1. The summed E-state index contributed by atoms with van der Waals surface area (Å²) in [4.78, 5) is 12.6. The maximum absolute atomic E-state index is 13.4. The van der Waals surface area contributed by atoms with E-state index in [0.717, 1.165) is 5.56 Å². The van der Waals surface area contributed by atoms with Crippen molar-refractivity contribution in [1.82, 2.24) is 5.32 Å². The van der Waals surface area contributed by atoms with Gasteiger partial charge in [0.25, 0.3) is 0 Å². The average Bonchev–Trinajstić information content (AvgIpc) is 2.58. The van der Waals surface area contributed by atoms with E-state index in [2.05, 4.69) is 5.32 Å². The molecule has 0 heterocycles. The van der Waals surface area contributed by atoms with Gasteiger partial charge in [0.2, 0.25) is 5.91 Å². The first-order chi connectivity index (χ1) is 11.4. The van der Waals surface area contributed by atoms with E-state index >= 15 is 0 Å². The van der Waals surface area contributed by atoms with Crippen LogP contribution in [0.15, 0.2) is 48.5 Å². The van der Waals surface area contributed by atoms with Crippen LogP contribution in [-0.4, -0.2) is 24.2 Å². The molecule has 0 aromatic heterocycles. The lowest BCUT2D eigenvalue weighted by Crippen LogP contribution is -2.39. The van der Waals surface area contributed by atoms with Crippen LogP contribution in [0.3, 0.4) is 0 Å². The van der Waals surface area contributed by atoms with E-state index in [1.165, 1.54) is 12.1 Å². The molecule has 2 rings (SSSR count). The second-order valence-corrected chi connectivity index (χ2v) is 6.00. The summed E-state index contributed by atoms with van der Waals surface area (Å²) in [6.07, 6.45) is 0. The Morgan fingerprint density at radius 2 is 1.96 bits per heavy atom. The Balaban J connectivity index is 2.07. The highest BCUT2D eigenvalue weighted by atomic mass is 19.1. The van der Waals surface area contributed by atoms with Crippen LogP contribution in [0.1, 0.15) is 25.0 Å². The number of hydrogen-bond acceptors (Lipinski definition) is 3. The van der Waals surface area contributed by atoms with E-state index in [-0.39, 0.29) is 24.9 Å². The highest BCUT2D eigenvalue weighted by Gasteiger charge is 2.29. The number of hydrogen-bond donors (Lipinski definition) is 2. The van der Waals surface area contributed by atoms with Crippen molar-refractivity contribution in [2.45, 2.75) is 25.8 Å². The molecule has 0 bridgehead atoms. The SMILES string of the molecule is CC(C)(C(=O)NCc1ccccc1OCCO)c1cccc(F)c1. The standard InChI is InChI=1S/C19H22FNO3/c1-19(2,15-7-5-8-16(20)12-15)18(23)21-13-14-6-3-4-9-17(14)24-11-10-22/h3-9,12,22H,10-11,13H2,1-2H3,(H,21,23). The maximum atomic E-state index is 13.4. The summed E-state index contributed by atoms with van der Waals surface area (Å²) in [6, 6.07) is 13.4. The Hall–Kier alpha value is -2.40. The summed E-state index contributed by atoms with van der Waals surface area (Å²) in [6.45, 7) is 3.92. The van der Waals surface area contributed by atoms with Crippen molar-refractivity contribution in [2.24, 2.45) is 0 Å². The van der Waals surface area contributed by atoms with E-state index in [9.17, 15) is 9.18 Å². The molecule has 0 aliphatic rings. The van der Waals surface area contributed by atoms with Crippen LogP contribution >= 0.6 is 0 Å². The van der Waals surface area contributed by atoms with Gasteiger partial charge >= 0.3 is 0 Å². The number of carbonyl (C=O) groups excluding carboxylic acids is 1. The lowest BCUT2D eigenvalue weighted by Gasteiger charge is -2.24. The van der Waals surface area contributed by atoms with Gasteiger partial charge in [0, 0.05) is 12.1 Å². The van der Waals surface area contributed by atoms with Gasteiger partial charge in [-0.25, -0.2) is 4.39 Å². The molecule has 0 fully saturated rings. The average molecular weight is 331 g/mol. The van der Waals surface area contributed by atoms with Crippen molar-refractivity contribution >= 4 is 5.91 Å². The molecular weight excluding hydrogens is 309 g/mol. The largest absolute Gasteiger partial charge is 0.491 e. The summed E-state index contributed by atoms with van der Waals surface area (Å²) in [5.74, 6) is 0.0524. The summed E-state index contributed by atoms with van der Waals surface area (Å²) in [5.41, 5.74) is 0.572. The predicted octanol–water partition coefficient (Wildman–Crippen LogP) is 2.79. The van der Waals surface area contributed by atoms with Crippen LogP contribution in [0.25, 0.3) is 0 Å². The summed E-state index contributed by atoms with van der Waals surface area (Å²) < 4.78 is 18.9.